The fourth-order valence-electron chi connectivity index (χ4n) is 10.5. The van der Waals surface area contributed by atoms with Crippen LogP contribution in [0.5, 0.6) is 0 Å². The molecule has 0 radical (unpaired) electrons. The molecular formula is C74H134O6. The highest BCUT2D eigenvalue weighted by Crippen LogP contribution is 2.18. The summed E-state index contributed by atoms with van der Waals surface area (Å²) < 4.78 is 16.9. The largest absolute Gasteiger partial charge is 0.462 e. The molecule has 80 heavy (non-hydrogen) atoms. The van der Waals surface area contributed by atoms with Gasteiger partial charge in [0, 0.05) is 19.3 Å². The van der Waals surface area contributed by atoms with Gasteiger partial charge in [0.25, 0.3) is 0 Å². The molecule has 0 rings (SSSR count). The van der Waals surface area contributed by atoms with Crippen molar-refractivity contribution < 1.29 is 28.6 Å². The van der Waals surface area contributed by atoms with Crippen LogP contribution < -0.4 is 0 Å². The van der Waals surface area contributed by atoms with E-state index in [-0.39, 0.29) is 31.1 Å². The van der Waals surface area contributed by atoms with Crippen molar-refractivity contribution in [2.45, 2.75) is 380 Å². The highest BCUT2D eigenvalue weighted by molar-refractivity contribution is 5.71. The fraction of sp³-hybridized carbons (Fsp3) is 0.824. The number of allylic oxidation sites excluding steroid dienone is 10. The Morgan fingerprint density at radius 3 is 0.762 bits per heavy atom. The molecule has 0 aromatic rings. The van der Waals surface area contributed by atoms with Gasteiger partial charge in [0.15, 0.2) is 6.10 Å². The third-order valence-electron chi connectivity index (χ3n) is 15.8. The topological polar surface area (TPSA) is 78.9 Å². The average Bonchev–Trinajstić information content (AvgIpc) is 3.46. The molecule has 466 valence electrons. The zero-order chi connectivity index (χ0) is 57.8. The Hall–Kier alpha value is -2.89. The second-order valence-corrected chi connectivity index (χ2v) is 23.8. The second kappa shape index (κ2) is 68.6. The number of unbranched alkanes of at least 4 members (excludes halogenated alkanes) is 44. The van der Waals surface area contributed by atoms with E-state index in [2.05, 4.69) is 81.5 Å². The fourth-order valence-corrected chi connectivity index (χ4v) is 10.5. The van der Waals surface area contributed by atoms with Crippen LogP contribution in [-0.4, -0.2) is 37.2 Å². The van der Waals surface area contributed by atoms with Crippen molar-refractivity contribution in [1.82, 2.24) is 0 Å². The van der Waals surface area contributed by atoms with E-state index in [0.29, 0.717) is 19.3 Å². The highest BCUT2D eigenvalue weighted by Gasteiger charge is 2.19. The quantitative estimate of drug-likeness (QED) is 0.0261. The molecule has 0 aliphatic heterocycles. The summed E-state index contributed by atoms with van der Waals surface area (Å²) in [6, 6.07) is 0. The van der Waals surface area contributed by atoms with Crippen LogP contribution in [0.15, 0.2) is 60.8 Å². The number of hydrogen-bond donors (Lipinski definition) is 0. The average molecular weight is 1120 g/mol. The Kier molecular flexibility index (Phi) is 66.1. The SMILES string of the molecule is CC/C=C\C/C=C\C/C=C\C/C=C\C/C=C\CCCCCCCCCCCCCC(=O)OC(COC(=O)CCCCCCCCC)COC(=O)CCCCCCCCCCCCCCCCCCCCCCCCCCCCCC. The Morgan fingerprint density at radius 2 is 0.487 bits per heavy atom. The lowest BCUT2D eigenvalue weighted by Gasteiger charge is -2.18. The molecule has 0 heterocycles. The van der Waals surface area contributed by atoms with Gasteiger partial charge in [-0.1, -0.05) is 351 Å². The summed E-state index contributed by atoms with van der Waals surface area (Å²) in [7, 11) is 0. The predicted molar refractivity (Wildman–Crippen MR) is 348 cm³/mol. The van der Waals surface area contributed by atoms with Gasteiger partial charge in [-0.15, -0.1) is 0 Å². The van der Waals surface area contributed by atoms with E-state index in [1.807, 2.05) is 0 Å². The van der Waals surface area contributed by atoms with Crippen molar-refractivity contribution in [3.63, 3.8) is 0 Å². The number of esters is 3. The van der Waals surface area contributed by atoms with Crippen molar-refractivity contribution in [1.29, 1.82) is 0 Å². The molecule has 0 aliphatic carbocycles. The van der Waals surface area contributed by atoms with Crippen LogP contribution in [0.3, 0.4) is 0 Å². The summed E-state index contributed by atoms with van der Waals surface area (Å²) >= 11 is 0. The maximum absolute atomic E-state index is 12.9. The van der Waals surface area contributed by atoms with E-state index in [0.717, 1.165) is 89.9 Å². The Labute approximate surface area is 498 Å². The molecule has 6 heteroatoms. The lowest BCUT2D eigenvalue weighted by Crippen LogP contribution is -2.30. The van der Waals surface area contributed by atoms with E-state index in [1.54, 1.807) is 0 Å². The van der Waals surface area contributed by atoms with E-state index in [4.69, 9.17) is 14.2 Å². The number of hydrogen-bond acceptors (Lipinski definition) is 6. The molecule has 0 aliphatic rings. The van der Waals surface area contributed by atoms with Crippen LogP contribution in [-0.2, 0) is 28.6 Å². The van der Waals surface area contributed by atoms with E-state index in [9.17, 15) is 14.4 Å². The summed E-state index contributed by atoms with van der Waals surface area (Å²) in [4.78, 5) is 38.2. The van der Waals surface area contributed by atoms with Crippen LogP contribution in [0, 0.1) is 0 Å². The Balaban J connectivity index is 4.04. The molecule has 1 atom stereocenters. The summed E-state index contributed by atoms with van der Waals surface area (Å²) in [5, 5.41) is 0. The van der Waals surface area contributed by atoms with Gasteiger partial charge in [-0.05, 0) is 64.2 Å². The minimum absolute atomic E-state index is 0.0703. The van der Waals surface area contributed by atoms with Gasteiger partial charge in [0.1, 0.15) is 13.2 Å². The number of carbonyl (C=O) groups excluding carboxylic acids is 3. The summed E-state index contributed by atoms with van der Waals surface area (Å²) in [5.74, 6) is -0.858. The van der Waals surface area contributed by atoms with Crippen LogP contribution in [0.25, 0.3) is 0 Å². The van der Waals surface area contributed by atoms with Crippen molar-refractivity contribution in [3.8, 4) is 0 Å². The Bertz CT molecular complexity index is 1430. The first-order valence-electron chi connectivity index (χ1n) is 35.3. The second-order valence-electron chi connectivity index (χ2n) is 23.8. The maximum atomic E-state index is 12.9. The lowest BCUT2D eigenvalue weighted by atomic mass is 10.0. The summed E-state index contributed by atoms with van der Waals surface area (Å²) in [6.45, 7) is 6.54. The minimum Gasteiger partial charge on any atom is -0.462 e. The first-order valence-corrected chi connectivity index (χ1v) is 35.3. The third-order valence-corrected chi connectivity index (χ3v) is 15.8. The van der Waals surface area contributed by atoms with Gasteiger partial charge in [-0.2, -0.15) is 0 Å². The third kappa shape index (κ3) is 65.9. The summed E-state index contributed by atoms with van der Waals surface area (Å²) in [6.07, 6.45) is 88.6. The van der Waals surface area contributed by atoms with Crippen molar-refractivity contribution in [2.24, 2.45) is 0 Å². The van der Waals surface area contributed by atoms with Gasteiger partial charge < -0.3 is 14.2 Å². The standard InChI is InChI=1S/C74H134O6/c1-4-7-10-13-16-18-20-22-24-26-28-30-32-34-36-38-39-41-43-45-47-49-51-53-55-58-61-64-67-73(76)79-70-71(69-78-72(75)66-63-60-57-15-12-9-6-3)80-74(77)68-65-62-59-56-54-52-50-48-46-44-42-40-37-35-33-31-29-27-25-23-21-19-17-14-11-8-5-2/h8,11,17,19,23,25,29,31,35,37,71H,4-7,9-10,12-16,18,20-22,24,26-28,30,32-34,36,38-70H2,1-3H3/b11-8-,19-17-,25-23-,31-29-,37-35-. The van der Waals surface area contributed by atoms with Gasteiger partial charge in [0.2, 0.25) is 0 Å². The van der Waals surface area contributed by atoms with Crippen molar-refractivity contribution in [3.05, 3.63) is 60.8 Å². The molecule has 0 N–H and O–H groups in total. The lowest BCUT2D eigenvalue weighted by molar-refractivity contribution is -0.167. The molecule has 0 saturated carbocycles. The van der Waals surface area contributed by atoms with Crippen molar-refractivity contribution >= 4 is 17.9 Å². The molecular weight excluding hydrogens is 985 g/mol. The maximum Gasteiger partial charge on any atom is 0.306 e. The molecule has 0 bridgehead atoms. The van der Waals surface area contributed by atoms with Crippen LogP contribution >= 0.6 is 0 Å². The molecule has 0 spiro atoms. The highest BCUT2D eigenvalue weighted by atomic mass is 16.6. The monoisotopic (exact) mass is 1120 g/mol. The molecule has 0 saturated heterocycles. The zero-order valence-corrected chi connectivity index (χ0v) is 53.6. The molecule has 0 fully saturated rings. The molecule has 0 amide bonds. The smallest absolute Gasteiger partial charge is 0.306 e. The predicted octanol–water partition coefficient (Wildman–Crippen LogP) is 24.3. The molecule has 0 aromatic heterocycles. The van der Waals surface area contributed by atoms with E-state index in [1.165, 1.54) is 244 Å². The normalized spacial score (nSPS) is 12.4. The van der Waals surface area contributed by atoms with Crippen molar-refractivity contribution in [2.75, 3.05) is 13.2 Å². The first-order chi connectivity index (χ1) is 39.5. The zero-order valence-electron chi connectivity index (χ0n) is 53.6. The minimum atomic E-state index is -0.772. The van der Waals surface area contributed by atoms with E-state index < -0.39 is 6.10 Å². The van der Waals surface area contributed by atoms with Gasteiger partial charge in [0.05, 0.1) is 0 Å². The number of rotatable bonds is 65. The van der Waals surface area contributed by atoms with Crippen LogP contribution in [0.1, 0.15) is 374 Å². The van der Waals surface area contributed by atoms with Crippen LogP contribution in [0.4, 0.5) is 0 Å². The first kappa shape index (κ1) is 77.1. The molecule has 0 aromatic carbocycles. The number of ether oxygens (including phenoxy) is 3. The van der Waals surface area contributed by atoms with Gasteiger partial charge in [-0.25, -0.2) is 0 Å². The Morgan fingerprint density at radius 1 is 0.263 bits per heavy atom. The van der Waals surface area contributed by atoms with E-state index >= 15 is 0 Å². The molecule has 1 unspecified atom stereocenters. The number of carbonyl (C=O) groups is 3. The van der Waals surface area contributed by atoms with Gasteiger partial charge in [-0.3, -0.25) is 14.4 Å². The van der Waals surface area contributed by atoms with Crippen LogP contribution in [0.2, 0.25) is 0 Å². The summed E-state index contributed by atoms with van der Waals surface area (Å²) in [5.41, 5.74) is 0. The van der Waals surface area contributed by atoms with Gasteiger partial charge >= 0.3 is 17.9 Å². The molecule has 6 nitrogen and oxygen atoms in total.